The SMILES string of the molecule is CC(=O)NC(C)C(=O)N1C[C@H](O)C[C@@H]1C(=O)O. The number of β-amino-alcohol motifs (C(OH)–C–C–N with tert-alkyl or cyclic N) is 1. The molecule has 1 rings (SSSR count). The lowest BCUT2D eigenvalue weighted by molar-refractivity contribution is -0.149. The first kappa shape index (κ1) is 13.4. The fourth-order valence-electron chi connectivity index (χ4n) is 1.91. The van der Waals surface area contributed by atoms with Crippen LogP contribution in [0, 0.1) is 0 Å². The number of aliphatic hydroxyl groups excluding tert-OH is 1. The molecule has 3 N–H and O–H groups in total. The molecule has 0 aliphatic carbocycles. The quantitative estimate of drug-likeness (QED) is 0.563. The van der Waals surface area contributed by atoms with Gasteiger partial charge in [-0.1, -0.05) is 0 Å². The van der Waals surface area contributed by atoms with Gasteiger partial charge in [-0.2, -0.15) is 0 Å². The van der Waals surface area contributed by atoms with E-state index >= 15 is 0 Å². The number of carboxylic acids is 1. The van der Waals surface area contributed by atoms with Crippen molar-refractivity contribution in [3.63, 3.8) is 0 Å². The highest BCUT2D eigenvalue weighted by Gasteiger charge is 2.40. The Labute approximate surface area is 98.4 Å². The van der Waals surface area contributed by atoms with E-state index in [-0.39, 0.29) is 18.9 Å². The Kier molecular flexibility index (Phi) is 4.06. The summed E-state index contributed by atoms with van der Waals surface area (Å²) >= 11 is 0. The van der Waals surface area contributed by atoms with E-state index in [4.69, 9.17) is 5.11 Å². The molecule has 96 valence electrons. The van der Waals surface area contributed by atoms with Crippen molar-refractivity contribution in [3.8, 4) is 0 Å². The van der Waals surface area contributed by atoms with Gasteiger partial charge in [0.2, 0.25) is 11.8 Å². The average molecular weight is 244 g/mol. The van der Waals surface area contributed by atoms with Gasteiger partial charge in [-0.25, -0.2) is 4.79 Å². The molecule has 0 aromatic heterocycles. The molecule has 0 spiro atoms. The maximum atomic E-state index is 11.9. The number of nitrogens with one attached hydrogen (secondary N) is 1. The summed E-state index contributed by atoms with van der Waals surface area (Å²) in [5.74, 6) is -2.01. The lowest BCUT2D eigenvalue weighted by Crippen LogP contribution is -2.50. The first-order valence-electron chi connectivity index (χ1n) is 5.31. The highest BCUT2D eigenvalue weighted by atomic mass is 16.4. The molecule has 0 aromatic rings. The molecule has 1 fully saturated rings. The minimum absolute atomic E-state index is 0.0142. The van der Waals surface area contributed by atoms with Crippen LogP contribution in [0.4, 0.5) is 0 Å². The van der Waals surface area contributed by atoms with Crippen LogP contribution in [-0.2, 0) is 14.4 Å². The highest BCUT2D eigenvalue weighted by Crippen LogP contribution is 2.19. The molecular weight excluding hydrogens is 228 g/mol. The van der Waals surface area contributed by atoms with Gasteiger partial charge in [0.15, 0.2) is 0 Å². The van der Waals surface area contributed by atoms with Crippen molar-refractivity contribution < 1.29 is 24.6 Å². The molecule has 1 aliphatic heterocycles. The molecule has 0 radical (unpaired) electrons. The Bertz CT molecular complexity index is 344. The number of aliphatic hydroxyl groups is 1. The van der Waals surface area contributed by atoms with Gasteiger partial charge in [-0.15, -0.1) is 0 Å². The molecule has 0 aromatic carbocycles. The van der Waals surface area contributed by atoms with Gasteiger partial charge in [0, 0.05) is 19.9 Å². The number of carbonyl (C=O) groups excluding carboxylic acids is 2. The van der Waals surface area contributed by atoms with Crippen molar-refractivity contribution in [3.05, 3.63) is 0 Å². The number of rotatable bonds is 3. The van der Waals surface area contributed by atoms with E-state index in [1.807, 2.05) is 0 Å². The maximum absolute atomic E-state index is 11.9. The Morgan fingerprint density at radius 2 is 2.00 bits per heavy atom. The van der Waals surface area contributed by atoms with Crippen LogP contribution in [-0.4, -0.2) is 57.6 Å². The lowest BCUT2D eigenvalue weighted by atomic mass is 10.2. The molecule has 3 atom stereocenters. The van der Waals surface area contributed by atoms with Gasteiger partial charge in [0.1, 0.15) is 12.1 Å². The Hall–Kier alpha value is -1.63. The normalized spacial score (nSPS) is 25.5. The monoisotopic (exact) mass is 244 g/mol. The lowest BCUT2D eigenvalue weighted by Gasteiger charge is -2.24. The van der Waals surface area contributed by atoms with Crippen LogP contribution in [0.1, 0.15) is 20.3 Å². The van der Waals surface area contributed by atoms with Crippen molar-refractivity contribution in [2.24, 2.45) is 0 Å². The Balaban J connectivity index is 2.73. The molecule has 2 amide bonds. The van der Waals surface area contributed by atoms with Crippen molar-refractivity contribution in [2.45, 2.75) is 38.5 Å². The van der Waals surface area contributed by atoms with Crippen molar-refractivity contribution in [1.29, 1.82) is 0 Å². The van der Waals surface area contributed by atoms with Crippen LogP contribution in [0.5, 0.6) is 0 Å². The molecule has 0 bridgehead atoms. The van der Waals surface area contributed by atoms with Crippen molar-refractivity contribution in [2.75, 3.05) is 6.54 Å². The van der Waals surface area contributed by atoms with Crippen LogP contribution < -0.4 is 5.32 Å². The fraction of sp³-hybridized carbons (Fsp3) is 0.700. The smallest absolute Gasteiger partial charge is 0.326 e. The minimum Gasteiger partial charge on any atom is -0.480 e. The summed E-state index contributed by atoms with van der Waals surface area (Å²) in [6, 6.07) is -1.81. The third-order valence-corrected chi connectivity index (χ3v) is 2.64. The van der Waals surface area contributed by atoms with Crippen LogP contribution in [0.15, 0.2) is 0 Å². The van der Waals surface area contributed by atoms with Gasteiger partial charge in [0.25, 0.3) is 0 Å². The summed E-state index contributed by atoms with van der Waals surface area (Å²) in [6.07, 6.45) is -0.807. The second-order valence-electron chi connectivity index (χ2n) is 4.16. The minimum atomic E-state index is -1.15. The number of carbonyl (C=O) groups is 3. The molecule has 1 saturated heterocycles. The summed E-state index contributed by atoms with van der Waals surface area (Å²) in [4.78, 5) is 34.7. The topological polar surface area (TPSA) is 107 Å². The predicted octanol–water partition coefficient (Wildman–Crippen LogP) is -1.44. The fourth-order valence-corrected chi connectivity index (χ4v) is 1.91. The summed E-state index contributed by atoms with van der Waals surface area (Å²) in [5.41, 5.74) is 0. The van der Waals surface area contributed by atoms with Crippen molar-refractivity contribution >= 4 is 17.8 Å². The van der Waals surface area contributed by atoms with E-state index in [9.17, 15) is 19.5 Å². The molecule has 1 aliphatic rings. The largest absolute Gasteiger partial charge is 0.480 e. The van der Waals surface area contributed by atoms with Gasteiger partial charge < -0.3 is 20.4 Å². The molecule has 1 heterocycles. The van der Waals surface area contributed by atoms with Crippen molar-refractivity contribution in [1.82, 2.24) is 10.2 Å². The molecule has 7 heteroatoms. The van der Waals surface area contributed by atoms with Gasteiger partial charge in [-0.05, 0) is 6.92 Å². The molecule has 17 heavy (non-hydrogen) atoms. The van der Waals surface area contributed by atoms with E-state index in [1.165, 1.54) is 13.8 Å². The summed E-state index contributed by atoms with van der Waals surface area (Å²) in [7, 11) is 0. The summed E-state index contributed by atoms with van der Waals surface area (Å²) in [5, 5.41) is 20.7. The number of nitrogens with zero attached hydrogens (tertiary/aromatic N) is 1. The second kappa shape index (κ2) is 5.13. The van der Waals surface area contributed by atoms with E-state index in [0.717, 1.165) is 4.90 Å². The van der Waals surface area contributed by atoms with E-state index in [1.54, 1.807) is 0 Å². The van der Waals surface area contributed by atoms with Crippen LogP contribution in [0.25, 0.3) is 0 Å². The van der Waals surface area contributed by atoms with E-state index in [2.05, 4.69) is 5.32 Å². The zero-order chi connectivity index (χ0) is 13.2. The third kappa shape index (κ3) is 3.16. The van der Waals surface area contributed by atoms with Gasteiger partial charge in [0.05, 0.1) is 6.10 Å². The number of likely N-dealkylation sites (tertiary alicyclic amines) is 1. The van der Waals surface area contributed by atoms with Crippen LogP contribution >= 0.6 is 0 Å². The number of aliphatic carboxylic acids is 1. The standard InChI is InChI=1S/C10H16N2O5/c1-5(11-6(2)13)9(15)12-4-7(14)3-8(12)10(16)17/h5,7-8,14H,3-4H2,1-2H3,(H,11,13)(H,16,17)/t5?,7-,8-/m1/s1. The summed E-state index contributed by atoms with van der Waals surface area (Å²) < 4.78 is 0. The molecular formula is C10H16N2O5. The zero-order valence-corrected chi connectivity index (χ0v) is 9.71. The third-order valence-electron chi connectivity index (χ3n) is 2.64. The average Bonchev–Trinajstić information content (AvgIpc) is 2.58. The second-order valence-corrected chi connectivity index (χ2v) is 4.16. The number of carboxylic acid groups (broad SMARTS) is 1. The maximum Gasteiger partial charge on any atom is 0.326 e. The predicted molar refractivity (Wildman–Crippen MR) is 57.0 cm³/mol. The molecule has 0 saturated carbocycles. The van der Waals surface area contributed by atoms with Gasteiger partial charge in [-0.3, -0.25) is 9.59 Å². The first-order valence-corrected chi connectivity index (χ1v) is 5.31. The van der Waals surface area contributed by atoms with Gasteiger partial charge >= 0.3 is 5.97 Å². The molecule has 7 nitrogen and oxygen atoms in total. The van der Waals surface area contributed by atoms with E-state index in [0.29, 0.717) is 0 Å². The number of amides is 2. The highest BCUT2D eigenvalue weighted by molar-refractivity contribution is 5.90. The van der Waals surface area contributed by atoms with Crippen LogP contribution in [0.3, 0.4) is 0 Å². The Morgan fingerprint density at radius 1 is 1.41 bits per heavy atom. The number of hydrogen-bond donors (Lipinski definition) is 3. The number of hydrogen-bond acceptors (Lipinski definition) is 4. The summed E-state index contributed by atoms with van der Waals surface area (Å²) in [6.45, 7) is 2.74. The first-order chi connectivity index (χ1) is 7.82. The zero-order valence-electron chi connectivity index (χ0n) is 9.71. The van der Waals surface area contributed by atoms with E-state index < -0.39 is 30.1 Å². The van der Waals surface area contributed by atoms with Crippen LogP contribution in [0.2, 0.25) is 0 Å². The Morgan fingerprint density at radius 3 is 2.47 bits per heavy atom. The molecule has 1 unspecified atom stereocenters.